The fourth-order valence-electron chi connectivity index (χ4n) is 1.60. The van der Waals surface area contributed by atoms with Crippen molar-refractivity contribution in [2.24, 2.45) is 0 Å². The van der Waals surface area contributed by atoms with E-state index in [4.69, 9.17) is 4.74 Å². The Balaban J connectivity index is 2.09. The molecule has 21 heavy (non-hydrogen) atoms. The first kappa shape index (κ1) is 17.5. The van der Waals surface area contributed by atoms with Gasteiger partial charge in [-0.3, -0.25) is 9.59 Å². The number of amides is 1. The SMILES string of the molecule is CCOC(=O)CCCNC(=O)CCSc1ccccc1F. The lowest BCUT2D eigenvalue weighted by atomic mass is 10.3. The summed E-state index contributed by atoms with van der Waals surface area (Å²) >= 11 is 1.32. The number of ether oxygens (including phenoxy) is 1. The van der Waals surface area contributed by atoms with Gasteiger partial charge in [0.05, 0.1) is 6.61 Å². The zero-order chi connectivity index (χ0) is 15.5. The molecule has 0 aromatic heterocycles. The second-order valence-corrected chi connectivity index (χ2v) is 5.42. The largest absolute Gasteiger partial charge is 0.466 e. The van der Waals surface area contributed by atoms with Gasteiger partial charge < -0.3 is 10.1 Å². The van der Waals surface area contributed by atoms with Crippen LogP contribution in [0.5, 0.6) is 0 Å². The number of thioether (sulfide) groups is 1. The first-order valence-corrected chi connectivity index (χ1v) is 7.91. The van der Waals surface area contributed by atoms with E-state index in [0.717, 1.165) is 0 Å². The van der Waals surface area contributed by atoms with E-state index in [9.17, 15) is 14.0 Å². The Hall–Kier alpha value is -1.56. The van der Waals surface area contributed by atoms with Crippen LogP contribution in [0.2, 0.25) is 0 Å². The highest BCUT2D eigenvalue weighted by molar-refractivity contribution is 7.99. The number of hydrogen-bond donors (Lipinski definition) is 1. The van der Waals surface area contributed by atoms with Gasteiger partial charge in [-0.25, -0.2) is 4.39 Å². The predicted molar refractivity (Wildman–Crippen MR) is 80.6 cm³/mol. The fraction of sp³-hybridized carbons (Fsp3) is 0.467. The van der Waals surface area contributed by atoms with Crippen LogP contribution >= 0.6 is 11.8 Å². The zero-order valence-corrected chi connectivity index (χ0v) is 12.9. The number of nitrogens with one attached hydrogen (secondary N) is 1. The molecule has 0 spiro atoms. The first-order valence-electron chi connectivity index (χ1n) is 6.93. The molecule has 1 rings (SSSR count). The quantitative estimate of drug-likeness (QED) is 0.433. The minimum Gasteiger partial charge on any atom is -0.466 e. The van der Waals surface area contributed by atoms with E-state index in [1.54, 1.807) is 25.1 Å². The number of benzene rings is 1. The van der Waals surface area contributed by atoms with Gasteiger partial charge in [-0.1, -0.05) is 12.1 Å². The van der Waals surface area contributed by atoms with Gasteiger partial charge in [-0.15, -0.1) is 11.8 Å². The van der Waals surface area contributed by atoms with Gasteiger partial charge in [0, 0.05) is 30.0 Å². The molecule has 0 aliphatic rings. The maximum Gasteiger partial charge on any atom is 0.305 e. The third-order valence-electron chi connectivity index (χ3n) is 2.61. The Labute approximate surface area is 128 Å². The summed E-state index contributed by atoms with van der Waals surface area (Å²) in [6, 6.07) is 6.49. The Kier molecular flexibility index (Phi) is 8.50. The molecule has 116 valence electrons. The summed E-state index contributed by atoms with van der Waals surface area (Å²) in [5.74, 6) is -0.0909. The third-order valence-corrected chi connectivity index (χ3v) is 3.66. The van der Waals surface area contributed by atoms with Crippen LogP contribution in [-0.2, 0) is 14.3 Å². The minimum atomic E-state index is -0.266. The summed E-state index contributed by atoms with van der Waals surface area (Å²) < 4.78 is 18.1. The van der Waals surface area contributed by atoms with E-state index in [1.165, 1.54) is 17.8 Å². The van der Waals surface area contributed by atoms with Gasteiger partial charge in [0.25, 0.3) is 0 Å². The second-order valence-electron chi connectivity index (χ2n) is 4.29. The van der Waals surface area contributed by atoms with Gasteiger partial charge in [0.15, 0.2) is 0 Å². The van der Waals surface area contributed by atoms with Crippen molar-refractivity contribution in [1.29, 1.82) is 0 Å². The smallest absolute Gasteiger partial charge is 0.305 e. The molecule has 0 bridgehead atoms. The molecular formula is C15H20FNO3S. The number of esters is 1. The Bertz CT molecular complexity index is 468. The Morgan fingerprint density at radius 2 is 2.05 bits per heavy atom. The topological polar surface area (TPSA) is 55.4 Å². The molecular weight excluding hydrogens is 293 g/mol. The molecule has 0 atom stereocenters. The summed E-state index contributed by atoms with van der Waals surface area (Å²) in [5, 5.41) is 2.73. The molecule has 0 fully saturated rings. The highest BCUT2D eigenvalue weighted by Crippen LogP contribution is 2.21. The van der Waals surface area contributed by atoms with E-state index >= 15 is 0 Å². The van der Waals surface area contributed by atoms with Gasteiger partial charge in [0.2, 0.25) is 5.91 Å². The Morgan fingerprint density at radius 1 is 1.29 bits per heavy atom. The van der Waals surface area contributed by atoms with E-state index in [2.05, 4.69) is 5.32 Å². The van der Waals surface area contributed by atoms with Crippen molar-refractivity contribution in [3.05, 3.63) is 30.1 Å². The van der Waals surface area contributed by atoms with Crippen LogP contribution in [0.15, 0.2) is 29.2 Å². The molecule has 6 heteroatoms. The third kappa shape index (κ3) is 7.70. The summed E-state index contributed by atoms with van der Waals surface area (Å²) in [6.45, 7) is 2.58. The molecule has 1 aromatic carbocycles. The second kappa shape index (κ2) is 10.2. The molecule has 0 unspecified atom stereocenters. The molecule has 0 aliphatic carbocycles. The minimum absolute atomic E-state index is 0.0947. The summed E-state index contributed by atoms with van der Waals surface area (Å²) in [4.78, 5) is 23.2. The van der Waals surface area contributed by atoms with Gasteiger partial charge in [-0.05, 0) is 25.5 Å². The summed E-state index contributed by atoms with van der Waals surface area (Å²) in [6.07, 6.45) is 1.18. The summed E-state index contributed by atoms with van der Waals surface area (Å²) in [5.41, 5.74) is 0. The lowest BCUT2D eigenvalue weighted by Crippen LogP contribution is -2.25. The van der Waals surface area contributed by atoms with E-state index < -0.39 is 0 Å². The van der Waals surface area contributed by atoms with E-state index in [1.807, 2.05) is 0 Å². The molecule has 0 saturated heterocycles. The number of rotatable bonds is 9. The van der Waals surface area contributed by atoms with Crippen LogP contribution in [0.1, 0.15) is 26.2 Å². The molecule has 0 radical (unpaired) electrons. The monoisotopic (exact) mass is 313 g/mol. The van der Waals surface area contributed by atoms with Crippen molar-refractivity contribution in [1.82, 2.24) is 5.32 Å². The molecule has 0 aliphatic heterocycles. The molecule has 1 N–H and O–H groups in total. The van der Waals surface area contributed by atoms with Gasteiger partial charge in [-0.2, -0.15) is 0 Å². The lowest BCUT2D eigenvalue weighted by Gasteiger charge is -2.05. The highest BCUT2D eigenvalue weighted by Gasteiger charge is 2.05. The number of hydrogen-bond acceptors (Lipinski definition) is 4. The number of carbonyl (C=O) groups excluding carboxylic acids is 2. The molecule has 0 saturated carbocycles. The maximum atomic E-state index is 13.3. The lowest BCUT2D eigenvalue weighted by molar-refractivity contribution is -0.143. The van der Waals surface area contributed by atoms with E-state index in [0.29, 0.717) is 43.1 Å². The van der Waals surface area contributed by atoms with Crippen molar-refractivity contribution < 1.29 is 18.7 Å². The first-order chi connectivity index (χ1) is 10.1. The molecule has 1 aromatic rings. The van der Waals surface area contributed by atoms with Crippen LogP contribution in [0.25, 0.3) is 0 Å². The van der Waals surface area contributed by atoms with Crippen molar-refractivity contribution >= 4 is 23.6 Å². The predicted octanol–water partition coefficient (Wildman–Crippen LogP) is 2.77. The van der Waals surface area contributed by atoms with Crippen LogP contribution in [0.3, 0.4) is 0 Å². The fourth-order valence-corrected chi connectivity index (χ4v) is 2.49. The zero-order valence-electron chi connectivity index (χ0n) is 12.1. The molecule has 4 nitrogen and oxygen atoms in total. The van der Waals surface area contributed by atoms with Gasteiger partial charge in [0.1, 0.15) is 5.82 Å². The molecule has 1 amide bonds. The summed E-state index contributed by atoms with van der Waals surface area (Å²) in [7, 11) is 0. The van der Waals surface area contributed by atoms with Crippen molar-refractivity contribution in [3.8, 4) is 0 Å². The van der Waals surface area contributed by atoms with Crippen LogP contribution in [0, 0.1) is 5.82 Å². The number of halogens is 1. The maximum absolute atomic E-state index is 13.3. The van der Waals surface area contributed by atoms with Crippen LogP contribution in [0.4, 0.5) is 4.39 Å². The molecule has 0 heterocycles. The van der Waals surface area contributed by atoms with Crippen molar-refractivity contribution in [2.45, 2.75) is 31.1 Å². The highest BCUT2D eigenvalue weighted by atomic mass is 32.2. The van der Waals surface area contributed by atoms with Crippen LogP contribution < -0.4 is 5.32 Å². The van der Waals surface area contributed by atoms with Crippen molar-refractivity contribution in [2.75, 3.05) is 18.9 Å². The average Bonchev–Trinajstić information content (AvgIpc) is 2.46. The standard InChI is InChI=1S/C15H20FNO3S/c1-2-20-15(19)8-5-10-17-14(18)9-11-21-13-7-4-3-6-12(13)16/h3-4,6-7H,2,5,8-11H2,1H3,(H,17,18). The van der Waals surface area contributed by atoms with Crippen molar-refractivity contribution in [3.63, 3.8) is 0 Å². The van der Waals surface area contributed by atoms with Gasteiger partial charge >= 0.3 is 5.97 Å². The average molecular weight is 313 g/mol. The van der Waals surface area contributed by atoms with Crippen LogP contribution in [-0.4, -0.2) is 30.8 Å². The number of carbonyl (C=O) groups is 2. The Morgan fingerprint density at radius 3 is 2.76 bits per heavy atom. The van der Waals surface area contributed by atoms with E-state index in [-0.39, 0.29) is 17.7 Å². The normalized spacial score (nSPS) is 10.2.